The van der Waals surface area contributed by atoms with Crippen LogP contribution in [0.2, 0.25) is 0 Å². The van der Waals surface area contributed by atoms with Crippen LogP contribution in [0.4, 0.5) is 18.9 Å². The van der Waals surface area contributed by atoms with E-state index in [1.165, 1.54) is 26.8 Å². The molecule has 1 aromatic rings. The molecule has 0 aliphatic heterocycles. The second-order valence-corrected chi connectivity index (χ2v) is 5.59. The molecule has 0 heterocycles. The normalized spacial score (nSPS) is 13.1. The topological polar surface area (TPSA) is 93.2 Å². The predicted molar refractivity (Wildman–Crippen MR) is 72.3 cm³/mol. The quantitative estimate of drug-likeness (QED) is 0.480. The Balaban J connectivity index is 3.57. The molecule has 0 aliphatic carbocycles. The van der Waals surface area contributed by atoms with Gasteiger partial charge in [0.15, 0.2) is 5.92 Å². The summed E-state index contributed by atoms with van der Waals surface area (Å²) < 4.78 is 44.2. The summed E-state index contributed by atoms with van der Waals surface area (Å²) in [6.45, 7) is 4.39. The second kappa shape index (κ2) is 6.24. The number of alkyl halides is 3. The van der Waals surface area contributed by atoms with Gasteiger partial charge in [-0.1, -0.05) is 6.07 Å². The van der Waals surface area contributed by atoms with Gasteiger partial charge in [-0.2, -0.15) is 18.4 Å². The highest BCUT2D eigenvalue weighted by Gasteiger charge is 2.42. The number of rotatable bonds is 3. The Morgan fingerprint density at radius 1 is 1.35 bits per heavy atom. The minimum absolute atomic E-state index is 0.580. The number of ether oxygens (including phenoxy) is 1. The van der Waals surface area contributed by atoms with E-state index in [9.17, 15) is 28.1 Å². The van der Waals surface area contributed by atoms with Crippen molar-refractivity contribution in [1.82, 2.24) is 0 Å². The van der Waals surface area contributed by atoms with E-state index in [-0.39, 0.29) is 0 Å². The van der Waals surface area contributed by atoms with E-state index >= 15 is 0 Å². The van der Waals surface area contributed by atoms with Crippen molar-refractivity contribution in [3.8, 4) is 6.07 Å². The maximum absolute atomic E-state index is 13.1. The largest absolute Gasteiger partial charge is 0.459 e. The molecule has 9 heteroatoms. The molecule has 0 saturated carbocycles. The van der Waals surface area contributed by atoms with Gasteiger partial charge >= 0.3 is 12.1 Å². The SMILES string of the molecule is CC(C)(C)OC(=O)C(C#N)c1c([N+](=O)[O-])cccc1C(F)(F)F. The minimum Gasteiger partial charge on any atom is -0.459 e. The summed E-state index contributed by atoms with van der Waals surface area (Å²) in [7, 11) is 0. The smallest absolute Gasteiger partial charge is 0.416 e. The average molecular weight is 330 g/mol. The Morgan fingerprint density at radius 3 is 2.30 bits per heavy atom. The van der Waals surface area contributed by atoms with Crippen molar-refractivity contribution >= 4 is 11.7 Å². The van der Waals surface area contributed by atoms with Crippen LogP contribution in [0.25, 0.3) is 0 Å². The summed E-state index contributed by atoms with van der Waals surface area (Å²) in [6, 6.07) is 3.60. The highest BCUT2D eigenvalue weighted by Crippen LogP contribution is 2.40. The Labute approximate surface area is 129 Å². The summed E-state index contributed by atoms with van der Waals surface area (Å²) in [4.78, 5) is 21.9. The van der Waals surface area contributed by atoms with E-state index in [0.29, 0.717) is 6.07 Å². The average Bonchev–Trinajstić information content (AvgIpc) is 2.35. The van der Waals surface area contributed by atoms with Crippen LogP contribution in [0.15, 0.2) is 18.2 Å². The van der Waals surface area contributed by atoms with E-state index < -0.39 is 45.4 Å². The van der Waals surface area contributed by atoms with Gasteiger partial charge in [0.25, 0.3) is 5.69 Å². The van der Waals surface area contributed by atoms with Crippen LogP contribution in [-0.4, -0.2) is 16.5 Å². The van der Waals surface area contributed by atoms with Crippen molar-refractivity contribution in [1.29, 1.82) is 5.26 Å². The van der Waals surface area contributed by atoms with Crippen molar-refractivity contribution in [2.24, 2.45) is 0 Å². The highest BCUT2D eigenvalue weighted by molar-refractivity contribution is 5.84. The van der Waals surface area contributed by atoms with Crippen LogP contribution in [0.3, 0.4) is 0 Å². The molecule has 124 valence electrons. The van der Waals surface area contributed by atoms with Crippen molar-refractivity contribution < 1.29 is 27.6 Å². The van der Waals surface area contributed by atoms with E-state index in [0.717, 1.165) is 12.1 Å². The van der Waals surface area contributed by atoms with Gasteiger partial charge in [0.05, 0.1) is 22.1 Å². The molecule has 0 aliphatic rings. The second-order valence-electron chi connectivity index (χ2n) is 5.59. The first-order valence-electron chi connectivity index (χ1n) is 6.35. The number of hydrogen-bond donors (Lipinski definition) is 0. The molecular formula is C14H13F3N2O4. The monoisotopic (exact) mass is 330 g/mol. The molecule has 0 saturated heterocycles. The number of carbonyl (C=O) groups excluding carboxylic acids is 1. The van der Waals surface area contributed by atoms with Crippen molar-refractivity contribution in [3.63, 3.8) is 0 Å². The van der Waals surface area contributed by atoms with Crippen molar-refractivity contribution in [2.75, 3.05) is 0 Å². The molecule has 1 rings (SSSR count). The highest BCUT2D eigenvalue weighted by atomic mass is 19.4. The zero-order chi connectivity index (χ0) is 18.0. The summed E-state index contributed by atoms with van der Waals surface area (Å²) in [5.41, 5.74) is -4.45. The van der Waals surface area contributed by atoms with Crippen LogP contribution < -0.4 is 0 Å². The zero-order valence-electron chi connectivity index (χ0n) is 12.5. The Kier molecular flexibility index (Phi) is 5.00. The predicted octanol–water partition coefficient (Wildman–Crippen LogP) is 3.56. The first-order valence-corrected chi connectivity index (χ1v) is 6.35. The van der Waals surface area contributed by atoms with Gasteiger partial charge in [-0.05, 0) is 26.8 Å². The lowest BCUT2D eigenvalue weighted by molar-refractivity contribution is -0.385. The first-order chi connectivity index (χ1) is 10.4. The van der Waals surface area contributed by atoms with E-state index in [1.54, 1.807) is 0 Å². The van der Waals surface area contributed by atoms with E-state index in [1.807, 2.05) is 0 Å². The van der Waals surface area contributed by atoms with Gasteiger partial charge in [0, 0.05) is 6.07 Å². The number of benzene rings is 1. The lowest BCUT2D eigenvalue weighted by Crippen LogP contribution is -2.28. The number of hydrogen-bond acceptors (Lipinski definition) is 5. The van der Waals surface area contributed by atoms with Crippen LogP contribution in [0.1, 0.15) is 37.8 Å². The van der Waals surface area contributed by atoms with Crippen LogP contribution in [0, 0.1) is 21.4 Å². The summed E-state index contributed by atoms with van der Waals surface area (Å²) in [6.07, 6.45) is -4.96. The maximum Gasteiger partial charge on any atom is 0.416 e. The molecule has 6 nitrogen and oxygen atoms in total. The molecule has 1 aromatic carbocycles. The molecule has 0 aromatic heterocycles. The van der Waals surface area contributed by atoms with Crippen LogP contribution in [-0.2, 0) is 15.7 Å². The fourth-order valence-electron chi connectivity index (χ4n) is 1.86. The molecule has 0 radical (unpaired) electrons. The lowest BCUT2D eigenvalue weighted by Gasteiger charge is -2.22. The Morgan fingerprint density at radius 2 is 1.91 bits per heavy atom. The Bertz CT molecular complexity index is 672. The fraction of sp³-hybridized carbons (Fsp3) is 0.429. The standard InChI is InChI=1S/C14H13F3N2O4/c1-13(2,3)23-12(20)8(7-18)11-9(14(15,16)17)5-4-6-10(11)19(21)22/h4-6,8H,1-3H3. The third-order valence-corrected chi connectivity index (χ3v) is 2.65. The number of carbonyl (C=O) groups is 1. The van der Waals surface area contributed by atoms with Gasteiger partial charge in [0.2, 0.25) is 0 Å². The van der Waals surface area contributed by atoms with Crippen molar-refractivity contribution in [2.45, 2.75) is 38.5 Å². The van der Waals surface area contributed by atoms with Crippen LogP contribution in [0.5, 0.6) is 0 Å². The molecule has 23 heavy (non-hydrogen) atoms. The van der Waals surface area contributed by atoms with Gasteiger partial charge in [-0.15, -0.1) is 0 Å². The minimum atomic E-state index is -4.96. The van der Waals surface area contributed by atoms with Gasteiger partial charge < -0.3 is 4.74 Å². The van der Waals surface area contributed by atoms with Crippen molar-refractivity contribution in [3.05, 3.63) is 39.4 Å². The number of nitro benzene ring substituents is 1. The third-order valence-electron chi connectivity index (χ3n) is 2.65. The first kappa shape index (κ1) is 18.4. The molecule has 0 bridgehead atoms. The number of halogens is 3. The van der Waals surface area contributed by atoms with E-state index in [4.69, 9.17) is 10.00 Å². The Hall–Kier alpha value is -2.63. The number of nitro groups is 1. The lowest BCUT2D eigenvalue weighted by atomic mass is 9.92. The maximum atomic E-state index is 13.1. The van der Waals surface area contributed by atoms with Gasteiger partial charge in [-0.25, -0.2) is 0 Å². The molecule has 1 atom stereocenters. The summed E-state index contributed by atoms with van der Waals surface area (Å²) in [5, 5.41) is 20.1. The fourth-order valence-corrected chi connectivity index (χ4v) is 1.86. The van der Waals surface area contributed by atoms with Crippen LogP contribution >= 0.6 is 0 Å². The number of nitrogens with zero attached hydrogens (tertiary/aromatic N) is 2. The summed E-state index contributed by atoms with van der Waals surface area (Å²) >= 11 is 0. The zero-order valence-corrected chi connectivity index (χ0v) is 12.5. The summed E-state index contributed by atoms with van der Waals surface area (Å²) in [5.74, 6) is -3.34. The van der Waals surface area contributed by atoms with Gasteiger partial charge in [0.1, 0.15) is 5.60 Å². The van der Waals surface area contributed by atoms with Gasteiger partial charge in [-0.3, -0.25) is 14.9 Å². The molecule has 0 fully saturated rings. The number of esters is 1. The molecule has 0 amide bonds. The molecule has 0 spiro atoms. The molecule has 0 N–H and O–H groups in total. The number of nitriles is 1. The molecular weight excluding hydrogens is 317 g/mol. The van der Waals surface area contributed by atoms with E-state index in [2.05, 4.69) is 0 Å². The molecule has 1 unspecified atom stereocenters. The third kappa shape index (κ3) is 4.42.